The molecule has 0 radical (unpaired) electrons. The number of nitrogens with one attached hydrogen (secondary N) is 2. The van der Waals surface area contributed by atoms with Crippen LogP contribution in [0.3, 0.4) is 0 Å². The topological polar surface area (TPSA) is 59.6 Å². The van der Waals surface area contributed by atoms with Crippen molar-refractivity contribution in [3.8, 4) is 11.5 Å². The molecule has 2 aromatic carbocycles. The molecule has 0 saturated heterocycles. The number of hydrogen-bond donors (Lipinski definition) is 2. The smallest absolute Gasteiger partial charge is 0.264 e. The molecule has 0 aliphatic carbocycles. The van der Waals surface area contributed by atoms with Crippen LogP contribution >= 0.6 is 12.2 Å². The van der Waals surface area contributed by atoms with Gasteiger partial charge < -0.3 is 14.8 Å². The number of thiocarbonyl (C=S) groups is 1. The van der Waals surface area contributed by atoms with Crippen molar-refractivity contribution in [2.24, 2.45) is 0 Å². The molecule has 132 valence electrons. The normalized spacial score (nSPS) is 10.1. The SMILES string of the molecule is COc1ccc(OCC(=O)NC(=S)Nc2c(C)cc(C)cc2C)cc1. The quantitative estimate of drug-likeness (QED) is 0.801. The van der Waals surface area contributed by atoms with Crippen molar-refractivity contribution in [1.82, 2.24) is 5.32 Å². The van der Waals surface area contributed by atoms with E-state index in [1.807, 2.05) is 20.8 Å². The third kappa shape index (κ3) is 5.46. The lowest BCUT2D eigenvalue weighted by molar-refractivity contribution is -0.121. The van der Waals surface area contributed by atoms with E-state index in [9.17, 15) is 4.79 Å². The van der Waals surface area contributed by atoms with Gasteiger partial charge in [-0.1, -0.05) is 17.7 Å². The Morgan fingerprint density at radius 1 is 1.04 bits per heavy atom. The highest BCUT2D eigenvalue weighted by Gasteiger charge is 2.09. The zero-order valence-electron chi connectivity index (χ0n) is 14.8. The second-order valence-electron chi connectivity index (χ2n) is 5.74. The Labute approximate surface area is 153 Å². The van der Waals surface area contributed by atoms with Gasteiger partial charge in [0.2, 0.25) is 0 Å². The van der Waals surface area contributed by atoms with Crippen LogP contribution in [0.25, 0.3) is 0 Å². The number of carbonyl (C=O) groups is 1. The molecule has 6 heteroatoms. The highest BCUT2D eigenvalue weighted by atomic mass is 32.1. The Morgan fingerprint density at radius 3 is 2.16 bits per heavy atom. The molecule has 2 aromatic rings. The minimum absolute atomic E-state index is 0.125. The summed E-state index contributed by atoms with van der Waals surface area (Å²) < 4.78 is 10.5. The zero-order chi connectivity index (χ0) is 18.4. The number of carbonyl (C=O) groups excluding carboxylic acids is 1. The maximum atomic E-state index is 12.0. The molecule has 0 fully saturated rings. The number of rotatable bonds is 5. The van der Waals surface area contributed by atoms with Gasteiger partial charge in [0, 0.05) is 5.69 Å². The number of methoxy groups -OCH3 is 1. The second-order valence-corrected chi connectivity index (χ2v) is 6.15. The third-order valence-electron chi connectivity index (χ3n) is 3.60. The number of amides is 1. The van der Waals surface area contributed by atoms with E-state index >= 15 is 0 Å². The van der Waals surface area contributed by atoms with Crippen molar-refractivity contribution < 1.29 is 14.3 Å². The molecule has 0 aliphatic rings. The summed E-state index contributed by atoms with van der Waals surface area (Å²) in [7, 11) is 1.59. The van der Waals surface area contributed by atoms with Crippen molar-refractivity contribution in [1.29, 1.82) is 0 Å². The minimum atomic E-state index is -0.323. The van der Waals surface area contributed by atoms with Crippen molar-refractivity contribution in [2.45, 2.75) is 20.8 Å². The molecule has 0 aromatic heterocycles. The van der Waals surface area contributed by atoms with Crippen LogP contribution in [0, 0.1) is 20.8 Å². The highest BCUT2D eigenvalue weighted by Crippen LogP contribution is 2.21. The summed E-state index contributed by atoms with van der Waals surface area (Å²) in [6.45, 7) is 5.92. The number of ether oxygens (including phenoxy) is 2. The largest absolute Gasteiger partial charge is 0.497 e. The molecule has 0 unspecified atom stereocenters. The van der Waals surface area contributed by atoms with Crippen LogP contribution in [0.5, 0.6) is 11.5 Å². The van der Waals surface area contributed by atoms with E-state index in [4.69, 9.17) is 21.7 Å². The molecule has 2 N–H and O–H groups in total. The lowest BCUT2D eigenvalue weighted by Gasteiger charge is -2.15. The molecular formula is C19H22N2O3S. The average molecular weight is 358 g/mol. The number of anilines is 1. The first-order valence-corrected chi connectivity index (χ1v) is 8.25. The Bertz CT molecular complexity index is 750. The lowest BCUT2D eigenvalue weighted by Crippen LogP contribution is -2.37. The summed E-state index contributed by atoms with van der Waals surface area (Å²) in [4.78, 5) is 12.0. The molecule has 1 amide bonds. The van der Waals surface area contributed by atoms with E-state index in [2.05, 4.69) is 22.8 Å². The van der Waals surface area contributed by atoms with Crippen LogP contribution in [-0.4, -0.2) is 24.7 Å². The van der Waals surface area contributed by atoms with Gasteiger partial charge in [0.05, 0.1) is 7.11 Å². The fourth-order valence-corrected chi connectivity index (χ4v) is 2.72. The van der Waals surface area contributed by atoms with E-state index in [1.54, 1.807) is 31.4 Å². The van der Waals surface area contributed by atoms with Gasteiger partial charge in [-0.3, -0.25) is 10.1 Å². The summed E-state index contributed by atoms with van der Waals surface area (Å²) in [6.07, 6.45) is 0. The molecule has 0 saturated carbocycles. The van der Waals surface area contributed by atoms with Gasteiger partial charge in [0.15, 0.2) is 11.7 Å². The fourth-order valence-electron chi connectivity index (χ4n) is 2.51. The van der Waals surface area contributed by atoms with E-state index in [0.717, 1.165) is 22.6 Å². The first kappa shape index (κ1) is 18.7. The van der Waals surface area contributed by atoms with Crippen molar-refractivity contribution >= 4 is 28.9 Å². The molecule has 2 rings (SSSR count). The van der Waals surface area contributed by atoms with Crippen molar-refractivity contribution in [3.05, 3.63) is 53.1 Å². The maximum absolute atomic E-state index is 12.0. The first-order chi connectivity index (χ1) is 11.9. The Hall–Kier alpha value is -2.60. The fraction of sp³-hybridized carbons (Fsp3) is 0.263. The summed E-state index contributed by atoms with van der Waals surface area (Å²) in [5, 5.41) is 5.95. The zero-order valence-corrected chi connectivity index (χ0v) is 15.6. The van der Waals surface area contributed by atoms with Gasteiger partial charge in [-0.2, -0.15) is 0 Å². The molecule has 25 heavy (non-hydrogen) atoms. The minimum Gasteiger partial charge on any atom is -0.497 e. The van der Waals surface area contributed by atoms with Gasteiger partial charge in [-0.05, 0) is 68.4 Å². The van der Waals surface area contributed by atoms with Crippen LogP contribution in [0.1, 0.15) is 16.7 Å². The van der Waals surface area contributed by atoms with Gasteiger partial charge in [0.1, 0.15) is 11.5 Å². The molecule has 0 heterocycles. The van der Waals surface area contributed by atoms with Crippen LogP contribution in [0.15, 0.2) is 36.4 Å². The molecular weight excluding hydrogens is 336 g/mol. The van der Waals surface area contributed by atoms with Gasteiger partial charge in [-0.15, -0.1) is 0 Å². The van der Waals surface area contributed by atoms with Crippen LogP contribution < -0.4 is 20.1 Å². The van der Waals surface area contributed by atoms with Gasteiger partial charge in [0.25, 0.3) is 5.91 Å². The summed E-state index contributed by atoms with van der Waals surface area (Å²) >= 11 is 5.21. The van der Waals surface area contributed by atoms with Crippen LogP contribution in [0.2, 0.25) is 0 Å². The summed E-state index contributed by atoms with van der Waals surface area (Å²) in [5.41, 5.74) is 4.24. The predicted octanol–water partition coefficient (Wildman–Crippen LogP) is 3.51. The van der Waals surface area contributed by atoms with Crippen molar-refractivity contribution in [3.63, 3.8) is 0 Å². The molecule has 0 spiro atoms. The van der Waals surface area contributed by atoms with E-state index in [1.165, 1.54) is 5.56 Å². The first-order valence-electron chi connectivity index (χ1n) is 7.84. The summed E-state index contributed by atoms with van der Waals surface area (Å²) in [5.74, 6) is 0.988. The lowest BCUT2D eigenvalue weighted by atomic mass is 10.1. The number of benzene rings is 2. The second kappa shape index (κ2) is 8.48. The van der Waals surface area contributed by atoms with E-state index in [-0.39, 0.29) is 17.6 Å². The summed E-state index contributed by atoms with van der Waals surface area (Å²) in [6, 6.07) is 11.1. The number of aryl methyl sites for hydroxylation is 3. The Balaban J connectivity index is 1.86. The Morgan fingerprint density at radius 2 is 1.60 bits per heavy atom. The van der Waals surface area contributed by atoms with Crippen LogP contribution in [-0.2, 0) is 4.79 Å². The van der Waals surface area contributed by atoms with Crippen LogP contribution in [0.4, 0.5) is 5.69 Å². The average Bonchev–Trinajstić information content (AvgIpc) is 2.56. The monoisotopic (exact) mass is 358 g/mol. The standard InChI is InChI=1S/C19H22N2O3S/c1-12-9-13(2)18(14(3)10-12)21-19(25)20-17(22)11-24-16-7-5-15(23-4)6-8-16/h5-10H,11H2,1-4H3,(H2,20,21,22,25). The highest BCUT2D eigenvalue weighted by molar-refractivity contribution is 7.80. The molecule has 0 atom stereocenters. The third-order valence-corrected chi connectivity index (χ3v) is 3.80. The van der Waals surface area contributed by atoms with E-state index in [0.29, 0.717) is 5.75 Å². The van der Waals surface area contributed by atoms with E-state index < -0.39 is 0 Å². The Kier molecular flexibility index (Phi) is 6.36. The molecule has 5 nitrogen and oxygen atoms in total. The molecule has 0 aliphatic heterocycles. The van der Waals surface area contributed by atoms with Gasteiger partial charge in [-0.25, -0.2) is 0 Å². The number of hydrogen-bond acceptors (Lipinski definition) is 4. The van der Waals surface area contributed by atoms with Gasteiger partial charge >= 0.3 is 0 Å². The van der Waals surface area contributed by atoms with Crippen molar-refractivity contribution in [2.75, 3.05) is 19.0 Å². The predicted molar refractivity (Wildman–Crippen MR) is 104 cm³/mol. The molecule has 0 bridgehead atoms. The maximum Gasteiger partial charge on any atom is 0.264 e.